The van der Waals surface area contributed by atoms with Gasteiger partial charge in [-0.05, 0) is 55.5 Å². The monoisotopic (exact) mass is 363 g/mol. The molecule has 1 fully saturated rings. The lowest BCUT2D eigenvalue weighted by Gasteiger charge is -2.23. The standard InChI is InChI=1S/C22H25N3O2/c1-15-12-17(6-7-20(15)24-13-16-8-10-27-11-9-16)23-14-19-18-4-2-3-5-21(18)25-22(19)26/h2-7,12,14,16,24-26H,8-11,13H2,1H3. The van der Waals surface area contributed by atoms with E-state index in [9.17, 15) is 5.11 Å². The molecule has 0 radical (unpaired) electrons. The number of hydrogen-bond donors (Lipinski definition) is 3. The van der Waals surface area contributed by atoms with Crippen molar-refractivity contribution in [2.24, 2.45) is 10.9 Å². The zero-order valence-electron chi connectivity index (χ0n) is 15.5. The zero-order chi connectivity index (χ0) is 18.6. The highest BCUT2D eigenvalue weighted by Crippen LogP contribution is 2.27. The van der Waals surface area contributed by atoms with Crippen molar-refractivity contribution in [3.05, 3.63) is 53.6 Å². The molecule has 1 aliphatic heterocycles. The summed E-state index contributed by atoms with van der Waals surface area (Å²) in [7, 11) is 0. The first-order valence-corrected chi connectivity index (χ1v) is 9.47. The van der Waals surface area contributed by atoms with Gasteiger partial charge in [0.25, 0.3) is 0 Å². The highest BCUT2D eigenvalue weighted by Gasteiger charge is 2.13. The average Bonchev–Trinajstić information content (AvgIpc) is 3.01. The van der Waals surface area contributed by atoms with E-state index >= 15 is 0 Å². The molecule has 4 rings (SSSR count). The van der Waals surface area contributed by atoms with E-state index < -0.39 is 0 Å². The lowest BCUT2D eigenvalue weighted by Crippen LogP contribution is -2.22. The van der Waals surface area contributed by atoms with Gasteiger partial charge in [0, 0.05) is 42.6 Å². The van der Waals surface area contributed by atoms with Crippen molar-refractivity contribution < 1.29 is 9.84 Å². The summed E-state index contributed by atoms with van der Waals surface area (Å²) in [6.45, 7) is 4.82. The minimum Gasteiger partial charge on any atom is -0.494 e. The van der Waals surface area contributed by atoms with Crippen LogP contribution in [0.5, 0.6) is 5.88 Å². The van der Waals surface area contributed by atoms with Crippen LogP contribution in [0.15, 0.2) is 47.5 Å². The number of ether oxygens (including phenoxy) is 1. The average molecular weight is 363 g/mol. The lowest BCUT2D eigenvalue weighted by molar-refractivity contribution is 0.0699. The molecule has 0 saturated carbocycles. The van der Waals surface area contributed by atoms with Gasteiger partial charge in [0.2, 0.25) is 0 Å². The van der Waals surface area contributed by atoms with Gasteiger partial charge in [-0.1, -0.05) is 18.2 Å². The Bertz CT molecular complexity index is 955. The van der Waals surface area contributed by atoms with Crippen molar-refractivity contribution in [1.82, 2.24) is 4.98 Å². The SMILES string of the molecule is Cc1cc(N=Cc2c(O)[nH]c3ccccc23)ccc1NCC1CCOCC1. The fraction of sp³-hybridized carbons (Fsp3) is 0.318. The molecule has 2 heterocycles. The van der Waals surface area contributed by atoms with Crippen LogP contribution < -0.4 is 5.32 Å². The number of rotatable bonds is 5. The van der Waals surface area contributed by atoms with Crippen LogP contribution in [0.4, 0.5) is 11.4 Å². The summed E-state index contributed by atoms with van der Waals surface area (Å²) in [6, 6.07) is 14.0. The van der Waals surface area contributed by atoms with Crippen molar-refractivity contribution in [3.63, 3.8) is 0 Å². The van der Waals surface area contributed by atoms with Crippen LogP contribution in [-0.2, 0) is 4.74 Å². The molecule has 0 spiro atoms. The molecule has 2 aromatic carbocycles. The van der Waals surface area contributed by atoms with Gasteiger partial charge in [0.05, 0.1) is 11.3 Å². The topological polar surface area (TPSA) is 69.6 Å². The van der Waals surface area contributed by atoms with E-state index in [-0.39, 0.29) is 5.88 Å². The molecule has 1 saturated heterocycles. The smallest absolute Gasteiger partial charge is 0.198 e. The Labute approximate surface area is 159 Å². The van der Waals surface area contributed by atoms with Gasteiger partial charge in [-0.3, -0.25) is 4.99 Å². The van der Waals surface area contributed by atoms with Crippen LogP contribution >= 0.6 is 0 Å². The van der Waals surface area contributed by atoms with Crippen molar-refractivity contribution >= 4 is 28.5 Å². The maximum Gasteiger partial charge on any atom is 0.198 e. The third-order valence-corrected chi connectivity index (χ3v) is 5.20. The molecule has 27 heavy (non-hydrogen) atoms. The minimum atomic E-state index is 0.145. The molecule has 0 aliphatic carbocycles. The molecule has 3 aromatic rings. The van der Waals surface area contributed by atoms with Crippen LogP contribution in [-0.4, -0.2) is 36.1 Å². The highest BCUT2D eigenvalue weighted by molar-refractivity contribution is 6.02. The van der Waals surface area contributed by atoms with E-state index in [0.717, 1.165) is 54.9 Å². The second-order valence-corrected chi connectivity index (χ2v) is 7.13. The van der Waals surface area contributed by atoms with Gasteiger partial charge in [0.1, 0.15) is 0 Å². The quantitative estimate of drug-likeness (QED) is 0.572. The van der Waals surface area contributed by atoms with E-state index in [1.54, 1.807) is 6.21 Å². The number of fused-ring (bicyclic) bond motifs is 1. The molecular formula is C22H25N3O2. The largest absolute Gasteiger partial charge is 0.494 e. The van der Waals surface area contributed by atoms with Crippen LogP contribution in [0.3, 0.4) is 0 Å². The summed E-state index contributed by atoms with van der Waals surface area (Å²) < 4.78 is 5.42. The first kappa shape index (κ1) is 17.6. The Balaban J connectivity index is 1.47. The van der Waals surface area contributed by atoms with E-state index in [1.807, 2.05) is 30.3 Å². The number of aromatic amines is 1. The van der Waals surface area contributed by atoms with Gasteiger partial charge in [-0.25, -0.2) is 0 Å². The lowest BCUT2D eigenvalue weighted by atomic mass is 10.00. The molecule has 5 nitrogen and oxygen atoms in total. The molecule has 5 heteroatoms. The van der Waals surface area contributed by atoms with Crippen molar-refractivity contribution in [1.29, 1.82) is 0 Å². The summed E-state index contributed by atoms with van der Waals surface area (Å²) >= 11 is 0. The van der Waals surface area contributed by atoms with E-state index in [1.165, 1.54) is 5.56 Å². The van der Waals surface area contributed by atoms with Crippen LogP contribution in [0.25, 0.3) is 10.9 Å². The van der Waals surface area contributed by atoms with Gasteiger partial charge < -0.3 is 20.1 Å². The van der Waals surface area contributed by atoms with Crippen molar-refractivity contribution in [2.75, 3.05) is 25.1 Å². The number of para-hydroxylation sites is 1. The van der Waals surface area contributed by atoms with Gasteiger partial charge in [0.15, 0.2) is 5.88 Å². The highest BCUT2D eigenvalue weighted by atomic mass is 16.5. The number of aromatic nitrogens is 1. The van der Waals surface area contributed by atoms with Gasteiger partial charge >= 0.3 is 0 Å². The zero-order valence-corrected chi connectivity index (χ0v) is 15.5. The summed E-state index contributed by atoms with van der Waals surface area (Å²) in [5.74, 6) is 0.826. The molecule has 1 aromatic heterocycles. The molecular weight excluding hydrogens is 338 g/mol. The number of nitrogens with zero attached hydrogens (tertiary/aromatic N) is 1. The number of benzene rings is 2. The summed E-state index contributed by atoms with van der Waals surface area (Å²) in [5.41, 5.74) is 4.80. The van der Waals surface area contributed by atoms with Crippen LogP contribution in [0, 0.1) is 12.8 Å². The molecule has 1 aliphatic rings. The third-order valence-electron chi connectivity index (χ3n) is 5.20. The van der Waals surface area contributed by atoms with Crippen molar-refractivity contribution in [3.8, 4) is 5.88 Å². The second-order valence-electron chi connectivity index (χ2n) is 7.13. The summed E-state index contributed by atoms with van der Waals surface area (Å²) in [5, 5.41) is 14.7. The summed E-state index contributed by atoms with van der Waals surface area (Å²) in [6.07, 6.45) is 3.98. The number of nitrogens with one attached hydrogen (secondary N) is 2. The predicted molar refractivity (Wildman–Crippen MR) is 110 cm³/mol. The van der Waals surface area contributed by atoms with Crippen LogP contribution in [0.2, 0.25) is 0 Å². The molecule has 0 bridgehead atoms. The summed E-state index contributed by atoms with van der Waals surface area (Å²) in [4.78, 5) is 7.54. The minimum absolute atomic E-state index is 0.145. The van der Waals surface area contributed by atoms with Crippen LogP contribution in [0.1, 0.15) is 24.0 Å². The fourth-order valence-corrected chi connectivity index (χ4v) is 3.55. The Morgan fingerprint density at radius 1 is 1.22 bits per heavy atom. The van der Waals surface area contributed by atoms with E-state index in [0.29, 0.717) is 11.5 Å². The first-order chi connectivity index (χ1) is 13.2. The Kier molecular flexibility index (Phi) is 5.12. The Morgan fingerprint density at radius 2 is 2.04 bits per heavy atom. The normalized spacial score (nSPS) is 15.6. The molecule has 140 valence electrons. The molecule has 3 N–H and O–H groups in total. The fourth-order valence-electron chi connectivity index (χ4n) is 3.55. The molecule has 0 atom stereocenters. The van der Waals surface area contributed by atoms with Gasteiger partial charge in [-0.15, -0.1) is 0 Å². The second kappa shape index (κ2) is 7.84. The maximum atomic E-state index is 10.1. The number of H-pyrrole nitrogens is 1. The maximum absolute atomic E-state index is 10.1. The number of aryl methyl sites for hydroxylation is 1. The van der Waals surface area contributed by atoms with E-state index in [2.05, 4.69) is 34.3 Å². The Hall–Kier alpha value is -2.79. The van der Waals surface area contributed by atoms with Gasteiger partial charge in [-0.2, -0.15) is 0 Å². The number of hydrogen-bond acceptors (Lipinski definition) is 4. The molecule has 0 unspecified atom stereocenters. The number of aliphatic imine (C=N–C) groups is 1. The van der Waals surface area contributed by atoms with Crippen molar-refractivity contribution in [2.45, 2.75) is 19.8 Å². The van der Waals surface area contributed by atoms with E-state index in [4.69, 9.17) is 4.74 Å². The first-order valence-electron chi connectivity index (χ1n) is 9.47. The molecule has 0 amide bonds. The Morgan fingerprint density at radius 3 is 2.85 bits per heavy atom. The third kappa shape index (κ3) is 3.98. The number of aromatic hydroxyl groups is 1. The predicted octanol–water partition coefficient (Wildman–Crippen LogP) is 4.77. The number of anilines is 1.